The molecule has 0 unspecified atom stereocenters. The quantitative estimate of drug-likeness (QED) is 0.520. The van der Waals surface area contributed by atoms with E-state index >= 15 is 0 Å². The molecule has 19 heavy (non-hydrogen) atoms. The van der Waals surface area contributed by atoms with Crippen molar-refractivity contribution >= 4 is 28.4 Å². The Morgan fingerprint density at radius 1 is 1.26 bits per heavy atom. The van der Waals surface area contributed by atoms with E-state index in [1.165, 1.54) is 12.3 Å². The molecule has 2 heterocycles. The first kappa shape index (κ1) is 11.6. The first-order chi connectivity index (χ1) is 9.22. The predicted molar refractivity (Wildman–Crippen MR) is 72.6 cm³/mol. The zero-order valence-corrected chi connectivity index (χ0v) is 10.3. The van der Waals surface area contributed by atoms with Gasteiger partial charge >= 0.3 is 0 Å². The van der Waals surface area contributed by atoms with Gasteiger partial charge in [-0.2, -0.15) is 0 Å². The van der Waals surface area contributed by atoms with Gasteiger partial charge in [0, 0.05) is 11.8 Å². The maximum Gasteiger partial charge on any atom is 0.230 e. The topological polar surface area (TPSA) is 60.2 Å². The van der Waals surface area contributed by atoms with Gasteiger partial charge in [-0.1, -0.05) is 13.0 Å². The summed E-state index contributed by atoms with van der Waals surface area (Å²) in [5.41, 5.74) is 2.06. The van der Waals surface area contributed by atoms with Crippen LogP contribution in [0.25, 0.3) is 22.1 Å². The van der Waals surface area contributed by atoms with Crippen LogP contribution < -0.4 is 5.43 Å². The van der Waals surface area contributed by atoms with Gasteiger partial charge in [-0.25, -0.2) is 4.98 Å². The Hall–Kier alpha value is -2.49. The number of pyridine rings is 1. The average Bonchev–Trinajstić information content (AvgIpc) is 2.47. The van der Waals surface area contributed by atoms with Gasteiger partial charge in [0.25, 0.3) is 0 Å². The summed E-state index contributed by atoms with van der Waals surface area (Å²) in [5, 5.41) is 0.863. The standard InChI is InChI=1S/C15H11NO3/c1-2-9-3-4-13-11(5-9)14(18)12-6-10(8-17)7-16-15(12)19-13/h3-8H,2H2,1H3. The molecule has 0 aliphatic heterocycles. The lowest BCUT2D eigenvalue weighted by Gasteiger charge is -2.02. The Labute approximate surface area is 108 Å². The minimum atomic E-state index is -0.150. The molecule has 0 N–H and O–H groups in total. The van der Waals surface area contributed by atoms with Crippen molar-refractivity contribution in [3.8, 4) is 0 Å². The van der Waals surface area contributed by atoms with E-state index in [9.17, 15) is 9.59 Å². The third-order valence-electron chi connectivity index (χ3n) is 3.16. The number of aromatic nitrogens is 1. The monoisotopic (exact) mass is 253 g/mol. The van der Waals surface area contributed by atoms with Crippen LogP contribution in [0.15, 0.2) is 39.7 Å². The SMILES string of the molecule is CCc1ccc2oc3ncc(C=O)cc3c(=O)c2c1. The van der Waals surface area contributed by atoms with E-state index in [2.05, 4.69) is 4.98 Å². The highest BCUT2D eigenvalue weighted by molar-refractivity contribution is 5.90. The van der Waals surface area contributed by atoms with E-state index in [1.54, 1.807) is 6.07 Å². The van der Waals surface area contributed by atoms with E-state index in [1.807, 2.05) is 19.1 Å². The van der Waals surface area contributed by atoms with Crippen molar-refractivity contribution < 1.29 is 9.21 Å². The number of aldehydes is 1. The highest BCUT2D eigenvalue weighted by Crippen LogP contribution is 2.19. The number of fused-ring (bicyclic) bond motifs is 2. The van der Waals surface area contributed by atoms with Crippen molar-refractivity contribution in [1.29, 1.82) is 0 Å². The molecule has 4 heteroatoms. The van der Waals surface area contributed by atoms with Gasteiger partial charge in [0.2, 0.25) is 11.1 Å². The number of nitrogens with zero attached hydrogens (tertiary/aromatic N) is 1. The zero-order chi connectivity index (χ0) is 13.4. The van der Waals surface area contributed by atoms with Crippen molar-refractivity contribution in [3.63, 3.8) is 0 Å². The maximum absolute atomic E-state index is 12.4. The Kier molecular flexibility index (Phi) is 2.63. The summed E-state index contributed by atoms with van der Waals surface area (Å²) < 4.78 is 5.60. The fraction of sp³-hybridized carbons (Fsp3) is 0.133. The third-order valence-corrected chi connectivity index (χ3v) is 3.16. The number of benzene rings is 1. The van der Waals surface area contributed by atoms with Crippen molar-refractivity contribution in [3.05, 3.63) is 51.8 Å². The van der Waals surface area contributed by atoms with Crippen molar-refractivity contribution in [2.24, 2.45) is 0 Å². The summed E-state index contributed by atoms with van der Waals surface area (Å²) in [6, 6.07) is 7.05. The molecule has 0 aliphatic carbocycles. The fourth-order valence-electron chi connectivity index (χ4n) is 2.09. The molecule has 0 atom stereocenters. The highest BCUT2D eigenvalue weighted by atomic mass is 16.3. The minimum absolute atomic E-state index is 0.150. The lowest BCUT2D eigenvalue weighted by atomic mass is 10.1. The van der Waals surface area contributed by atoms with Crippen LogP contribution in [0.3, 0.4) is 0 Å². The first-order valence-corrected chi connectivity index (χ1v) is 6.03. The van der Waals surface area contributed by atoms with Gasteiger partial charge in [0.1, 0.15) is 5.58 Å². The normalized spacial score (nSPS) is 11.0. The maximum atomic E-state index is 12.4. The van der Waals surface area contributed by atoms with Crippen LogP contribution in [0.5, 0.6) is 0 Å². The van der Waals surface area contributed by atoms with Crippen LogP contribution in [-0.4, -0.2) is 11.3 Å². The molecule has 94 valence electrons. The van der Waals surface area contributed by atoms with E-state index in [0.717, 1.165) is 12.0 Å². The van der Waals surface area contributed by atoms with Gasteiger partial charge < -0.3 is 4.42 Å². The molecular formula is C15H11NO3. The van der Waals surface area contributed by atoms with Crippen LogP contribution in [0.4, 0.5) is 0 Å². The molecule has 0 aliphatic rings. The second-order valence-electron chi connectivity index (χ2n) is 4.35. The summed E-state index contributed by atoms with van der Waals surface area (Å²) in [5.74, 6) is 0. The molecule has 3 rings (SSSR count). The third kappa shape index (κ3) is 1.81. The van der Waals surface area contributed by atoms with Crippen LogP contribution in [-0.2, 0) is 6.42 Å². The number of carbonyl (C=O) groups excluding carboxylic acids is 1. The summed E-state index contributed by atoms with van der Waals surface area (Å²) in [6.07, 6.45) is 2.91. The van der Waals surface area contributed by atoms with E-state index < -0.39 is 0 Å². The van der Waals surface area contributed by atoms with E-state index in [0.29, 0.717) is 28.2 Å². The number of carbonyl (C=O) groups is 1. The van der Waals surface area contributed by atoms with E-state index in [4.69, 9.17) is 4.42 Å². The van der Waals surface area contributed by atoms with Crippen molar-refractivity contribution in [1.82, 2.24) is 4.98 Å². The molecule has 4 nitrogen and oxygen atoms in total. The number of aryl methyl sites for hydroxylation is 1. The molecule has 3 aromatic rings. The summed E-state index contributed by atoms with van der Waals surface area (Å²) >= 11 is 0. The lowest BCUT2D eigenvalue weighted by Crippen LogP contribution is -2.04. The Morgan fingerprint density at radius 2 is 2.11 bits per heavy atom. The molecule has 0 radical (unpaired) electrons. The smallest absolute Gasteiger partial charge is 0.230 e. The van der Waals surface area contributed by atoms with E-state index in [-0.39, 0.29) is 11.1 Å². The molecular weight excluding hydrogens is 242 g/mol. The lowest BCUT2D eigenvalue weighted by molar-refractivity contribution is 0.112. The van der Waals surface area contributed by atoms with Crippen LogP contribution in [0.2, 0.25) is 0 Å². The predicted octanol–water partition coefficient (Wildman–Crippen LogP) is 2.72. The Balaban J connectivity index is 2.46. The fourth-order valence-corrected chi connectivity index (χ4v) is 2.09. The van der Waals surface area contributed by atoms with Crippen LogP contribution >= 0.6 is 0 Å². The van der Waals surface area contributed by atoms with Gasteiger partial charge in [-0.15, -0.1) is 0 Å². The van der Waals surface area contributed by atoms with Gasteiger partial charge in [-0.05, 0) is 30.2 Å². The molecule has 0 amide bonds. The summed E-state index contributed by atoms with van der Waals surface area (Å²) in [7, 11) is 0. The molecule has 0 saturated carbocycles. The number of hydrogen-bond donors (Lipinski definition) is 0. The van der Waals surface area contributed by atoms with Crippen LogP contribution in [0, 0.1) is 0 Å². The molecule has 0 fully saturated rings. The minimum Gasteiger partial charge on any atom is -0.437 e. The molecule has 0 bridgehead atoms. The summed E-state index contributed by atoms with van der Waals surface area (Å²) in [6.45, 7) is 2.02. The van der Waals surface area contributed by atoms with Gasteiger partial charge in [0.15, 0.2) is 6.29 Å². The van der Waals surface area contributed by atoms with Crippen LogP contribution in [0.1, 0.15) is 22.8 Å². The second kappa shape index (κ2) is 4.31. The Bertz CT molecular complexity index is 849. The van der Waals surface area contributed by atoms with Crippen molar-refractivity contribution in [2.45, 2.75) is 13.3 Å². The number of rotatable bonds is 2. The van der Waals surface area contributed by atoms with Gasteiger partial charge in [0.05, 0.1) is 10.8 Å². The largest absolute Gasteiger partial charge is 0.437 e. The molecule has 1 aromatic carbocycles. The molecule has 2 aromatic heterocycles. The molecule has 0 spiro atoms. The Morgan fingerprint density at radius 3 is 2.84 bits per heavy atom. The van der Waals surface area contributed by atoms with Gasteiger partial charge in [-0.3, -0.25) is 9.59 Å². The summed E-state index contributed by atoms with van der Waals surface area (Å²) in [4.78, 5) is 27.2. The first-order valence-electron chi connectivity index (χ1n) is 6.03. The van der Waals surface area contributed by atoms with Crippen molar-refractivity contribution in [2.75, 3.05) is 0 Å². The molecule has 0 saturated heterocycles. The average molecular weight is 253 g/mol. The number of hydrogen-bond acceptors (Lipinski definition) is 4. The second-order valence-corrected chi connectivity index (χ2v) is 4.35. The highest BCUT2D eigenvalue weighted by Gasteiger charge is 2.09. The zero-order valence-electron chi connectivity index (χ0n) is 10.3.